The van der Waals surface area contributed by atoms with Gasteiger partial charge in [-0.2, -0.15) is 0 Å². The SMILES string of the molecule is Cc1ccnc(NC(=O)c2ccc(-c3nc([C@@H]4CCCN4C)n4ccnc(N)c34)cc2)c1. The molecular formula is C24H25N7O. The number of hydrogen-bond donors (Lipinski definition) is 2. The monoisotopic (exact) mass is 427 g/mol. The smallest absolute Gasteiger partial charge is 0.256 e. The van der Waals surface area contributed by atoms with Gasteiger partial charge in [0.25, 0.3) is 5.91 Å². The maximum absolute atomic E-state index is 12.6. The molecule has 1 atom stereocenters. The van der Waals surface area contributed by atoms with Crippen LogP contribution < -0.4 is 11.1 Å². The summed E-state index contributed by atoms with van der Waals surface area (Å²) in [6.45, 7) is 3.01. The number of hydrogen-bond acceptors (Lipinski definition) is 6. The predicted octanol–water partition coefficient (Wildman–Crippen LogP) is 3.70. The van der Waals surface area contributed by atoms with Gasteiger partial charge in [0, 0.05) is 29.7 Å². The van der Waals surface area contributed by atoms with Crippen LogP contribution in [0.1, 0.15) is 40.6 Å². The van der Waals surface area contributed by atoms with Crippen molar-refractivity contribution in [3.63, 3.8) is 0 Å². The van der Waals surface area contributed by atoms with Crippen molar-refractivity contribution in [2.75, 3.05) is 24.6 Å². The lowest BCUT2D eigenvalue weighted by Gasteiger charge is -2.18. The molecule has 5 rings (SSSR count). The Hall–Kier alpha value is -3.78. The van der Waals surface area contributed by atoms with Gasteiger partial charge in [-0.05, 0) is 63.2 Å². The number of likely N-dealkylation sites (tertiary alicyclic amines) is 1. The molecule has 3 N–H and O–H groups in total. The van der Waals surface area contributed by atoms with Crippen LogP contribution in [0.25, 0.3) is 16.8 Å². The van der Waals surface area contributed by atoms with E-state index in [2.05, 4.69) is 27.2 Å². The number of rotatable bonds is 4. The second kappa shape index (κ2) is 8.05. The predicted molar refractivity (Wildman–Crippen MR) is 124 cm³/mol. The van der Waals surface area contributed by atoms with Crippen molar-refractivity contribution < 1.29 is 4.79 Å². The highest BCUT2D eigenvalue weighted by atomic mass is 16.1. The number of aryl methyl sites for hydroxylation is 1. The Bertz CT molecular complexity index is 1300. The van der Waals surface area contributed by atoms with Crippen LogP contribution in [0.4, 0.5) is 11.6 Å². The van der Waals surface area contributed by atoms with E-state index in [4.69, 9.17) is 10.7 Å². The third kappa shape index (κ3) is 3.58. The average molecular weight is 428 g/mol. The number of amides is 1. The molecule has 8 nitrogen and oxygen atoms in total. The Kier molecular flexibility index (Phi) is 5.07. The fourth-order valence-corrected chi connectivity index (χ4v) is 4.33. The molecule has 1 amide bonds. The van der Waals surface area contributed by atoms with Gasteiger partial charge in [0.05, 0.1) is 6.04 Å². The minimum Gasteiger partial charge on any atom is -0.382 e. The van der Waals surface area contributed by atoms with Crippen molar-refractivity contribution in [2.45, 2.75) is 25.8 Å². The first kappa shape index (κ1) is 20.1. The Morgan fingerprint density at radius 1 is 1.16 bits per heavy atom. The first-order valence-electron chi connectivity index (χ1n) is 10.7. The number of nitrogens with one attached hydrogen (secondary N) is 1. The molecule has 1 fully saturated rings. The Morgan fingerprint density at radius 3 is 2.69 bits per heavy atom. The molecule has 32 heavy (non-hydrogen) atoms. The van der Waals surface area contributed by atoms with Crippen LogP contribution in [0.2, 0.25) is 0 Å². The zero-order valence-electron chi connectivity index (χ0n) is 18.1. The Labute approximate surface area is 186 Å². The molecule has 0 aliphatic carbocycles. The van der Waals surface area contributed by atoms with Crippen molar-refractivity contribution in [3.8, 4) is 11.3 Å². The van der Waals surface area contributed by atoms with E-state index in [0.717, 1.165) is 47.5 Å². The molecule has 0 spiro atoms. The number of nitrogen functional groups attached to an aromatic ring is 1. The number of carbonyl (C=O) groups excluding carboxylic acids is 1. The molecule has 1 aromatic carbocycles. The average Bonchev–Trinajstić information content (AvgIpc) is 3.38. The molecular weight excluding hydrogens is 402 g/mol. The zero-order valence-corrected chi connectivity index (χ0v) is 18.1. The van der Waals surface area contributed by atoms with Gasteiger partial charge < -0.3 is 11.1 Å². The third-order valence-corrected chi connectivity index (χ3v) is 6.01. The first-order chi connectivity index (χ1) is 15.5. The lowest BCUT2D eigenvalue weighted by atomic mass is 10.1. The highest BCUT2D eigenvalue weighted by molar-refractivity contribution is 6.04. The minimum absolute atomic E-state index is 0.209. The summed E-state index contributed by atoms with van der Waals surface area (Å²) in [5.41, 5.74) is 10.3. The van der Waals surface area contributed by atoms with Gasteiger partial charge in [0.2, 0.25) is 0 Å². The van der Waals surface area contributed by atoms with Crippen LogP contribution in [0, 0.1) is 6.92 Å². The van der Waals surface area contributed by atoms with E-state index in [1.807, 2.05) is 41.8 Å². The summed E-state index contributed by atoms with van der Waals surface area (Å²) < 4.78 is 2.05. The normalized spacial score (nSPS) is 16.5. The standard InChI is InChI=1S/C24H25N7O/c1-15-9-10-26-19(14-15)28-24(32)17-7-5-16(6-8-17)20-21-22(25)27-11-13-31(21)23(29-20)18-4-3-12-30(18)2/h5-11,13-14,18H,3-4,12H2,1-2H3,(H2,25,27)(H,26,28,32)/t18-/m0/s1. The summed E-state index contributed by atoms with van der Waals surface area (Å²) in [6.07, 6.45) is 7.50. The molecule has 1 saturated heterocycles. The van der Waals surface area contributed by atoms with E-state index in [9.17, 15) is 4.79 Å². The summed E-state index contributed by atoms with van der Waals surface area (Å²) in [4.78, 5) is 28.4. The molecule has 3 aromatic heterocycles. The van der Waals surface area contributed by atoms with Gasteiger partial charge in [0.1, 0.15) is 28.7 Å². The zero-order chi connectivity index (χ0) is 22.2. The van der Waals surface area contributed by atoms with Gasteiger partial charge in [-0.15, -0.1) is 0 Å². The number of aromatic nitrogens is 4. The van der Waals surface area contributed by atoms with Crippen LogP contribution in [0.3, 0.4) is 0 Å². The lowest BCUT2D eigenvalue weighted by Crippen LogP contribution is -2.19. The number of fused-ring (bicyclic) bond motifs is 1. The van der Waals surface area contributed by atoms with Gasteiger partial charge >= 0.3 is 0 Å². The van der Waals surface area contributed by atoms with E-state index < -0.39 is 0 Å². The van der Waals surface area contributed by atoms with Crippen molar-refractivity contribution in [3.05, 3.63) is 71.9 Å². The number of nitrogens with zero attached hydrogens (tertiary/aromatic N) is 5. The maximum Gasteiger partial charge on any atom is 0.256 e. The molecule has 1 aliphatic rings. The van der Waals surface area contributed by atoms with Crippen molar-refractivity contribution in [1.29, 1.82) is 0 Å². The van der Waals surface area contributed by atoms with Crippen LogP contribution in [-0.4, -0.2) is 43.8 Å². The van der Waals surface area contributed by atoms with Gasteiger partial charge in [-0.3, -0.25) is 14.1 Å². The lowest BCUT2D eigenvalue weighted by molar-refractivity contribution is 0.102. The summed E-state index contributed by atoms with van der Waals surface area (Å²) in [6, 6.07) is 11.3. The molecule has 0 radical (unpaired) electrons. The molecule has 0 unspecified atom stereocenters. The number of anilines is 2. The molecule has 4 aromatic rings. The number of carbonyl (C=O) groups is 1. The number of imidazole rings is 1. The van der Waals surface area contributed by atoms with E-state index in [0.29, 0.717) is 17.2 Å². The minimum atomic E-state index is -0.209. The summed E-state index contributed by atoms with van der Waals surface area (Å²) in [5, 5.41) is 2.84. The summed E-state index contributed by atoms with van der Waals surface area (Å²) in [7, 11) is 2.12. The fraction of sp³-hybridized carbons (Fsp3) is 0.250. The highest BCUT2D eigenvalue weighted by Gasteiger charge is 2.28. The van der Waals surface area contributed by atoms with Crippen molar-refractivity contribution in [2.24, 2.45) is 0 Å². The van der Waals surface area contributed by atoms with Crippen molar-refractivity contribution in [1.82, 2.24) is 24.3 Å². The second-order valence-corrected chi connectivity index (χ2v) is 8.24. The molecule has 8 heteroatoms. The molecule has 1 aliphatic heterocycles. The third-order valence-electron chi connectivity index (χ3n) is 6.01. The topological polar surface area (TPSA) is 101 Å². The maximum atomic E-state index is 12.6. The largest absolute Gasteiger partial charge is 0.382 e. The number of pyridine rings is 1. The number of nitrogens with two attached hydrogens (primary N) is 1. The van der Waals surface area contributed by atoms with E-state index in [-0.39, 0.29) is 11.9 Å². The van der Waals surface area contributed by atoms with Crippen LogP contribution in [0.5, 0.6) is 0 Å². The van der Waals surface area contributed by atoms with Crippen LogP contribution in [-0.2, 0) is 0 Å². The van der Waals surface area contributed by atoms with Crippen LogP contribution in [0.15, 0.2) is 55.0 Å². The van der Waals surface area contributed by atoms with E-state index in [1.54, 1.807) is 24.5 Å². The fourth-order valence-electron chi connectivity index (χ4n) is 4.33. The van der Waals surface area contributed by atoms with E-state index >= 15 is 0 Å². The molecule has 0 bridgehead atoms. The van der Waals surface area contributed by atoms with Crippen molar-refractivity contribution >= 4 is 23.1 Å². The Morgan fingerprint density at radius 2 is 1.97 bits per heavy atom. The second-order valence-electron chi connectivity index (χ2n) is 8.24. The molecule has 162 valence electrons. The number of benzene rings is 1. The van der Waals surface area contributed by atoms with Gasteiger partial charge in [-0.25, -0.2) is 15.0 Å². The molecule has 4 heterocycles. The Balaban J connectivity index is 1.49. The van der Waals surface area contributed by atoms with Crippen LogP contribution >= 0.6 is 0 Å². The summed E-state index contributed by atoms with van der Waals surface area (Å²) >= 11 is 0. The van der Waals surface area contributed by atoms with Gasteiger partial charge in [-0.1, -0.05) is 12.1 Å². The van der Waals surface area contributed by atoms with E-state index in [1.165, 1.54) is 0 Å². The quantitative estimate of drug-likeness (QED) is 0.515. The summed E-state index contributed by atoms with van der Waals surface area (Å²) in [5.74, 6) is 1.73. The van der Waals surface area contributed by atoms with Gasteiger partial charge in [0.15, 0.2) is 0 Å². The molecule has 0 saturated carbocycles. The first-order valence-corrected chi connectivity index (χ1v) is 10.7. The highest BCUT2D eigenvalue weighted by Crippen LogP contribution is 2.35.